The molecule has 0 spiro atoms. The lowest BCUT2D eigenvalue weighted by Gasteiger charge is -2.10. The summed E-state index contributed by atoms with van der Waals surface area (Å²) in [7, 11) is 0. The topological polar surface area (TPSA) is 29.5 Å². The monoisotopic (exact) mass is 328 g/mol. The molecule has 0 unspecified atom stereocenters. The van der Waals surface area contributed by atoms with E-state index in [4.69, 9.17) is 9.84 Å². The standard InChI is InChI=1S/C17H13BrO2/c18-16-10-14(9-8-13(16)11-19)20-17-7-3-5-12-4-1-2-6-15(12)17/h1-10,19H,11H2. The molecule has 0 aliphatic carbocycles. The summed E-state index contributed by atoms with van der Waals surface area (Å²) in [6.07, 6.45) is 0. The predicted octanol–water partition coefficient (Wildman–Crippen LogP) is 4.89. The molecule has 0 aliphatic heterocycles. The number of halogens is 1. The first kappa shape index (κ1) is 13.2. The average molecular weight is 329 g/mol. The fraction of sp³-hybridized carbons (Fsp3) is 0.0588. The van der Waals surface area contributed by atoms with Gasteiger partial charge in [-0.1, -0.05) is 58.4 Å². The summed E-state index contributed by atoms with van der Waals surface area (Å²) < 4.78 is 6.81. The number of hydrogen-bond donors (Lipinski definition) is 1. The van der Waals surface area contributed by atoms with Crippen LogP contribution in [0.1, 0.15) is 5.56 Å². The van der Waals surface area contributed by atoms with Crippen LogP contribution >= 0.6 is 15.9 Å². The normalized spacial score (nSPS) is 10.7. The van der Waals surface area contributed by atoms with Gasteiger partial charge in [-0.3, -0.25) is 0 Å². The fourth-order valence-electron chi connectivity index (χ4n) is 2.13. The van der Waals surface area contributed by atoms with Crippen LogP contribution in [0.25, 0.3) is 10.8 Å². The first-order valence-corrected chi connectivity index (χ1v) is 7.12. The highest BCUT2D eigenvalue weighted by atomic mass is 79.9. The highest BCUT2D eigenvalue weighted by Crippen LogP contribution is 2.31. The van der Waals surface area contributed by atoms with E-state index in [1.165, 1.54) is 0 Å². The van der Waals surface area contributed by atoms with E-state index < -0.39 is 0 Å². The first-order chi connectivity index (χ1) is 9.78. The predicted molar refractivity (Wildman–Crippen MR) is 84.1 cm³/mol. The number of fused-ring (bicyclic) bond motifs is 1. The number of rotatable bonds is 3. The molecule has 0 amide bonds. The van der Waals surface area contributed by atoms with Crippen molar-refractivity contribution < 1.29 is 9.84 Å². The molecule has 100 valence electrons. The zero-order valence-electron chi connectivity index (χ0n) is 10.7. The number of hydrogen-bond acceptors (Lipinski definition) is 2. The van der Waals surface area contributed by atoms with Crippen LogP contribution in [0.5, 0.6) is 11.5 Å². The highest BCUT2D eigenvalue weighted by molar-refractivity contribution is 9.10. The van der Waals surface area contributed by atoms with Crippen molar-refractivity contribution in [2.45, 2.75) is 6.61 Å². The minimum Gasteiger partial charge on any atom is -0.457 e. The van der Waals surface area contributed by atoms with Gasteiger partial charge in [-0.2, -0.15) is 0 Å². The van der Waals surface area contributed by atoms with Crippen molar-refractivity contribution in [3.05, 3.63) is 70.7 Å². The molecule has 2 nitrogen and oxygen atoms in total. The maximum Gasteiger partial charge on any atom is 0.135 e. The third-order valence-corrected chi connectivity index (χ3v) is 3.91. The van der Waals surface area contributed by atoms with Crippen LogP contribution in [0, 0.1) is 0 Å². The summed E-state index contributed by atoms with van der Waals surface area (Å²) in [5, 5.41) is 11.4. The molecule has 0 fully saturated rings. The Morgan fingerprint density at radius 1 is 0.950 bits per heavy atom. The smallest absolute Gasteiger partial charge is 0.135 e. The van der Waals surface area contributed by atoms with E-state index in [2.05, 4.69) is 28.1 Å². The summed E-state index contributed by atoms with van der Waals surface area (Å²) >= 11 is 3.43. The van der Waals surface area contributed by atoms with Gasteiger partial charge in [0.15, 0.2) is 0 Å². The van der Waals surface area contributed by atoms with Crippen molar-refractivity contribution in [3.8, 4) is 11.5 Å². The van der Waals surface area contributed by atoms with Crippen molar-refractivity contribution >= 4 is 26.7 Å². The molecule has 0 saturated carbocycles. The Labute approximate surface area is 125 Å². The van der Waals surface area contributed by atoms with Gasteiger partial charge in [-0.05, 0) is 29.1 Å². The van der Waals surface area contributed by atoms with Crippen LogP contribution < -0.4 is 4.74 Å². The van der Waals surface area contributed by atoms with Crippen molar-refractivity contribution in [3.63, 3.8) is 0 Å². The second-order valence-electron chi connectivity index (χ2n) is 4.49. The Bertz CT molecular complexity index is 748. The molecular weight excluding hydrogens is 316 g/mol. The fourth-order valence-corrected chi connectivity index (χ4v) is 2.61. The molecule has 0 bridgehead atoms. The molecule has 0 saturated heterocycles. The van der Waals surface area contributed by atoms with Crippen molar-refractivity contribution in [1.82, 2.24) is 0 Å². The Kier molecular flexibility index (Phi) is 3.72. The second kappa shape index (κ2) is 5.65. The third kappa shape index (κ3) is 2.55. The Balaban J connectivity index is 1.99. The number of ether oxygens (including phenoxy) is 1. The molecule has 0 radical (unpaired) electrons. The molecule has 0 aliphatic rings. The third-order valence-electron chi connectivity index (χ3n) is 3.17. The van der Waals surface area contributed by atoms with E-state index >= 15 is 0 Å². The van der Waals surface area contributed by atoms with Crippen molar-refractivity contribution in [1.29, 1.82) is 0 Å². The molecule has 20 heavy (non-hydrogen) atoms. The van der Waals surface area contributed by atoms with Crippen LogP contribution in [0.4, 0.5) is 0 Å². The van der Waals surface area contributed by atoms with Gasteiger partial charge in [-0.15, -0.1) is 0 Å². The quantitative estimate of drug-likeness (QED) is 0.741. The summed E-state index contributed by atoms with van der Waals surface area (Å²) in [6.45, 7) is 0.00906. The Hall–Kier alpha value is -1.84. The molecule has 3 rings (SSSR count). The largest absolute Gasteiger partial charge is 0.457 e. The molecule has 1 N–H and O–H groups in total. The molecule has 0 atom stereocenters. The molecule has 3 heteroatoms. The van der Waals surface area contributed by atoms with Gasteiger partial charge in [-0.25, -0.2) is 0 Å². The maximum absolute atomic E-state index is 9.17. The zero-order valence-corrected chi connectivity index (χ0v) is 12.3. The van der Waals surface area contributed by atoms with Crippen molar-refractivity contribution in [2.75, 3.05) is 0 Å². The number of benzene rings is 3. The van der Waals surface area contributed by atoms with E-state index in [1.807, 2.05) is 48.5 Å². The van der Waals surface area contributed by atoms with E-state index in [0.717, 1.165) is 32.3 Å². The molecule has 3 aromatic rings. The van der Waals surface area contributed by atoms with Gasteiger partial charge < -0.3 is 9.84 Å². The second-order valence-corrected chi connectivity index (χ2v) is 5.35. The lowest BCUT2D eigenvalue weighted by molar-refractivity contribution is 0.281. The lowest BCUT2D eigenvalue weighted by atomic mass is 10.1. The van der Waals surface area contributed by atoms with E-state index in [9.17, 15) is 0 Å². The summed E-state index contributed by atoms with van der Waals surface area (Å²) in [6, 6.07) is 19.7. The zero-order chi connectivity index (χ0) is 13.9. The van der Waals surface area contributed by atoms with Crippen LogP contribution in [0.15, 0.2) is 65.1 Å². The molecule has 0 aromatic heterocycles. The average Bonchev–Trinajstić information content (AvgIpc) is 2.48. The maximum atomic E-state index is 9.17. The molecule has 3 aromatic carbocycles. The van der Waals surface area contributed by atoms with Crippen LogP contribution in [-0.4, -0.2) is 5.11 Å². The Morgan fingerprint density at radius 2 is 1.75 bits per heavy atom. The van der Waals surface area contributed by atoms with Crippen LogP contribution in [-0.2, 0) is 6.61 Å². The van der Waals surface area contributed by atoms with Gasteiger partial charge >= 0.3 is 0 Å². The number of aliphatic hydroxyl groups is 1. The minimum absolute atomic E-state index is 0.00906. The summed E-state index contributed by atoms with van der Waals surface area (Å²) in [5.74, 6) is 1.57. The Morgan fingerprint density at radius 3 is 2.55 bits per heavy atom. The van der Waals surface area contributed by atoms with Crippen molar-refractivity contribution in [2.24, 2.45) is 0 Å². The molecule has 0 heterocycles. The van der Waals surface area contributed by atoms with E-state index in [1.54, 1.807) is 0 Å². The van der Waals surface area contributed by atoms with Gasteiger partial charge in [0, 0.05) is 9.86 Å². The van der Waals surface area contributed by atoms with Crippen LogP contribution in [0.3, 0.4) is 0 Å². The van der Waals surface area contributed by atoms with Gasteiger partial charge in [0.05, 0.1) is 6.61 Å². The summed E-state index contributed by atoms with van der Waals surface area (Å²) in [4.78, 5) is 0. The molecular formula is C17H13BrO2. The SMILES string of the molecule is OCc1ccc(Oc2cccc3ccccc23)cc1Br. The lowest BCUT2D eigenvalue weighted by Crippen LogP contribution is -1.89. The highest BCUT2D eigenvalue weighted by Gasteiger charge is 2.05. The number of aliphatic hydroxyl groups excluding tert-OH is 1. The van der Waals surface area contributed by atoms with Gasteiger partial charge in [0.1, 0.15) is 11.5 Å². The van der Waals surface area contributed by atoms with Gasteiger partial charge in [0.25, 0.3) is 0 Å². The summed E-state index contributed by atoms with van der Waals surface area (Å²) in [5.41, 5.74) is 0.843. The van der Waals surface area contributed by atoms with E-state index in [-0.39, 0.29) is 6.61 Å². The van der Waals surface area contributed by atoms with E-state index in [0.29, 0.717) is 0 Å². The van der Waals surface area contributed by atoms with Crippen LogP contribution in [0.2, 0.25) is 0 Å². The van der Waals surface area contributed by atoms with Gasteiger partial charge in [0.2, 0.25) is 0 Å². The first-order valence-electron chi connectivity index (χ1n) is 6.33. The minimum atomic E-state index is 0.00906.